The van der Waals surface area contributed by atoms with Gasteiger partial charge in [-0.1, -0.05) is 0 Å². The van der Waals surface area contributed by atoms with E-state index in [1.165, 1.54) is 13.0 Å². The molecule has 2 aliphatic heterocycles. The van der Waals surface area contributed by atoms with Gasteiger partial charge in [0.2, 0.25) is 0 Å². The Balaban J connectivity index is 1.93. The predicted molar refractivity (Wildman–Crippen MR) is 43.6 cm³/mol. The molecule has 0 unspecified atom stereocenters. The molecule has 0 radical (unpaired) electrons. The summed E-state index contributed by atoms with van der Waals surface area (Å²) < 4.78 is 5.64. The van der Waals surface area contributed by atoms with Crippen LogP contribution in [0, 0.1) is 0 Å². The molecular formula is C8H16N2O. The fourth-order valence-electron chi connectivity index (χ4n) is 1.94. The third-order valence-electron chi connectivity index (χ3n) is 2.59. The topological polar surface area (TPSA) is 24.5 Å². The van der Waals surface area contributed by atoms with Gasteiger partial charge in [-0.05, 0) is 13.5 Å². The molecule has 64 valence electrons. The molecule has 0 bridgehead atoms. The van der Waals surface area contributed by atoms with Crippen LogP contribution in [0.25, 0.3) is 0 Å². The van der Waals surface area contributed by atoms with Gasteiger partial charge >= 0.3 is 0 Å². The van der Waals surface area contributed by atoms with Crippen LogP contribution in [0.3, 0.4) is 0 Å². The zero-order valence-electron chi connectivity index (χ0n) is 7.05. The summed E-state index contributed by atoms with van der Waals surface area (Å²) in [5.74, 6) is 0. The summed E-state index contributed by atoms with van der Waals surface area (Å²) in [6.45, 7) is 4.24. The van der Waals surface area contributed by atoms with Crippen LogP contribution < -0.4 is 5.32 Å². The van der Waals surface area contributed by atoms with E-state index >= 15 is 0 Å². The maximum Gasteiger partial charge on any atom is 0.0753 e. The molecule has 0 saturated carbocycles. The highest BCUT2D eigenvalue weighted by molar-refractivity contribution is 4.87. The molecule has 1 N–H and O–H groups in total. The van der Waals surface area contributed by atoms with Gasteiger partial charge < -0.3 is 15.0 Å². The fourth-order valence-corrected chi connectivity index (χ4v) is 1.94. The van der Waals surface area contributed by atoms with Crippen molar-refractivity contribution in [3.63, 3.8) is 0 Å². The molecule has 0 aromatic rings. The summed E-state index contributed by atoms with van der Waals surface area (Å²) in [5, 5.41) is 3.48. The summed E-state index contributed by atoms with van der Waals surface area (Å²) in [6, 6.07) is 0.586. The van der Waals surface area contributed by atoms with Crippen LogP contribution in [-0.4, -0.2) is 50.3 Å². The normalized spacial score (nSPS) is 40.1. The van der Waals surface area contributed by atoms with Gasteiger partial charge in [0.1, 0.15) is 0 Å². The maximum absolute atomic E-state index is 5.64. The van der Waals surface area contributed by atoms with Crippen molar-refractivity contribution >= 4 is 0 Å². The minimum atomic E-state index is 0.486. The van der Waals surface area contributed by atoms with Crippen molar-refractivity contribution in [2.45, 2.75) is 18.6 Å². The van der Waals surface area contributed by atoms with E-state index in [0.717, 1.165) is 19.7 Å². The molecule has 2 aliphatic rings. The van der Waals surface area contributed by atoms with Gasteiger partial charge in [0.05, 0.1) is 12.7 Å². The molecule has 3 heteroatoms. The molecule has 0 aromatic heterocycles. The number of nitrogens with zero attached hydrogens (tertiary/aromatic N) is 1. The smallest absolute Gasteiger partial charge is 0.0753 e. The minimum absolute atomic E-state index is 0.486. The van der Waals surface area contributed by atoms with E-state index in [0.29, 0.717) is 12.1 Å². The Morgan fingerprint density at radius 1 is 1.55 bits per heavy atom. The summed E-state index contributed by atoms with van der Waals surface area (Å²) >= 11 is 0. The molecule has 2 fully saturated rings. The number of likely N-dealkylation sites (tertiary alicyclic amines) is 1. The van der Waals surface area contributed by atoms with Gasteiger partial charge in [-0.25, -0.2) is 0 Å². The Morgan fingerprint density at radius 3 is 3.36 bits per heavy atom. The zero-order chi connectivity index (χ0) is 7.68. The van der Waals surface area contributed by atoms with E-state index in [-0.39, 0.29) is 0 Å². The second-order valence-corrected chi connectivity index (χ2v) is 3.52. The van der Waals surface area contributed by atoms with E-state index in [4.69, 9.17) is 4.74 Å². The van der Waals surface area contributed by atoms with Crippen molar-refractivity contribution in [3.05, 3.63) is 0 Å². The number of ether oxygens (including phenoxy) is 1. The lowest BCUT2D eigenvalue weighted by Crippen LogP contribution is -2.57. The number of hydrogen-bond acceptors (Lipinski definition) is 3. The Labute approximate surface area is 67.7 Å². The van der Waals surface area contributed by atoms with Crippen molar-refractivity contribution in [2.24, 2.45) is 0 Å². The average Bonchev–Trinajstić information content (AvgIpc) is 2.04. The van der Waals surface area contributed by atoms with E-state index in [9.17, 15) is 0 Å². The Morgan fingerprint density at radius 2 is 2.45 bits per heavy atom. The van der Waals surface area contributed by atoms with Crippen LogP contribution in [0.2, 0.25) is 0 Å². The summed E-state index contributed by atoms with van der Waals surface area (Å²) in [7, 11) is 2.17. The van der Waals surface area contributed by atoms with Crippen molar-refractivity contribution in [1.29, 1.82) is 0 Å². The molecule has 0 amide bonds. The molecule has 0 spiro atoms. The van der Waals surface area contributed by atoms with E-state index in [1.807, 2.05) is 0 Å². The number of piperidine rings is 1. The van der Waals surface area contributed by atoms with Gasteiger partial charge in [0.25, 0.3) is 0 Å². The van der Waals surface area contributed by atoms with E-state index in [1.54, 1.807) is 0 Å². The molecule has 0 aromatic carbocycles. The third-order valence-corrected chi connectivity index (χ3v) is 2.59. The second kappa shape index (κ2) is 3.09. The van der Waals surface area contributed by atoms with Gasteiger partial charge in [-0.3, -0.25) is 0 Å². The quantitative estimate of drug-likeness (QED) is 0.520. The SMILES string of the molecule is CN1CC[C@H]2OCCN[C@@H]2C1. The first-order valence-electron chi connectivity index (χ1n) is 4.40. The third kappa shape index (κ3) is 1.55. The number of hydrogen-bond donors (Lipinski definition) is 1. The monoisotopic (exact) mass is 156 g/mol. The number of morpholine rings is 1. The first kappa shape index (κ1) is 7.53. The van der Waals surface area contributed by atoms with Crippen molar-refractivity contribution in [1.82, 2.24) is 10.2 Å². The van der Waals surface area contributed by atoms with Crippen LogP contribution in [0.4, 0.5) is 0 Å². The number of likely N-dealkylation sites (N-methyl/N-ethyl adjacent to an activating group) is 1. The van der Waals surface area contributed by atoms with Gasteiger partial charge in [0, 0.05) is 25.7 Å². The lowest BCUT2D eigenvalue weighted by atomic mass is 10.0. The van der Waals surface area contributed by atoms with Crippen LogP contribution in [0.5, 0.6) is 0 Å². The van der Waals surface area contributed by atoms with Crippen LogP contribution in [-0.2, 0) is 4.74 Å². The minimum Gasteiger partial charge on any atom is -0.375 e. The summed E-state index contributed by atoms with van der Waals surface area (Å²) in [6.07, 6.45) is 1.67. The van der Waals surface area contributed by atoms with Gasteiger partial charge in [-0.2, -0.15) is 0 Å². The Kier molecular flexibility index (Phi) is 2.11. The zero-order valence-corrected chi connectivity index (χ0v) is 7.05. The predicted octanol–water partition coefficient (Wildman–Crippen LogP) is -0.321. The molecule has 2 rings (SSSR count). The lowest BCUT2D eigenvalue weighted by molar-refractivity contribution is -0.0385. The highest BCUT2D eigenvalue weighted by atomic mass is 16.5. The molecule has 2 heterocycles. The second-order valence-electron chi connectivity index (χ2n) is 3.52. The maximum atomic E-state index is 5.64. The number of fused-ring (bicyclic) bond motifs is 1. The molecule has 11 heavy (non-hydrogen) atoms. The summed E-state index contributed by atoms with van der Waals surface area (Å²) in [5.41, 5.74) is 0. The Hall–Kier alpha value is -0.120. The van der Waals surface area contributed by atoms with Crippen LogP contribution >= 0.6 is 0 Å². The lowest BCUT2D eigenvalue weighted by Gasteiger charge is -2.40. The molecule has 3 nitrogen and oxygen atoms in total. The Bertz CT molecular complexity index is 140. The van der Waals surface area contributed by atoms with Crippen molar-refractivity contribution in [2.75, 3.05) is 33.3 Å². The highest BCUT2D eigenvalue weighted by Crippen LogP contribution is 2.15. The van der Waals surface area contributed by atoms with E-state index in [2.05, 4.69) is 17.3 Å². The van der Waals surface area contributed by atoms with Gasteiger partial charge in [-0.15, -0.1) is 0 Å². The fraction of sp³-hybridized carbons (Fsp3) is 1.00. The largest absolute Gasteiger partial charge is 0.375 e. The molecule has 0 aliphatic carbocycles. The van der Waals surface area contributed by atoms with Crippen molar-refractivity contribution in [3.8, 4) is 0 Å². The molecule has 2 saturated heterocycles. The molecular weight excluding hydrogens is 140 g/mol. The van der Waals surface area contributed by atoms with Crippen LogP contribution in [0.15, 0.2) is 0 Å². The number of rotatable bonds is 0. The highest BCUT2D eigenvalue weighted by Gasteiger charge is 2.29. The first-order valence-corrected chi connectivity index (χ1v) is 4.40. The number of nitrogens with one attached hydrogen (secondary N) is 1. The average molecular weight is 156 g/mol. The van der Waals surface area contributed by atoms with E-state index < -0.39 is 0 Å². The summed E-state index contributed by atoms with van der Waals surface area (Å²) in [4.78, 5) is 2.36. The van der Waals surface area contributed by atoms with Crippen molar-refractivity contribution < 1.29 is 4.74 Å². The first-order chi connectivity index (χ1) is 5.36. The molecule has 2 atom stereocenters. The van der Waals surface area contributed by atoms with Gasteiger partial charge in [0.15, 0.2) is 0 Å². The van der Waals surface area contributed by atoms with Crippen LogP contribution in [0.1, 0.15) is 6.42 Å². The standard InChI is InChI=1S/C8H16N2O/c1-10-4-2-8-7(6-10)9-3-5-11-8/h7-9H,2-6H2,1H3/t7-,8-/m1/s1.